The molecule has 1 aliphatic heterocycles. The van der Waals surface area contributed by atoms with Crippen LogP contribution in [0.4, 0.5) is 0 Å². The SMILES string of the molecule is O=C(/C=C/c1ccccc1)NCC1(N2CCOCC2)CCCCC1. The number of rotatable bonds is 5. The molecule has 24 heavy (non-hydrogen) atoms. The lowest BCUT2D eigenvalue weighted by Crippen LogP contribution is -2.59. The van der Waals surface area contributed by atoms with E-state index in [0.717, 1.165) is 38.4 Å². The van der Waals surface area contributed by atoms with Crippen molar-refractivity contribution in [2.75, 3.05) is 32.8 Å². The third-order valence-corrected chi connectivity index (χ3v) is 5.28. The van der Waals surface area contributed by atoms with Crippen LogP contribution in [0.3, 0.4) is 0 Å². The number of nitrogens with one attached hydrogen (secondary N) is 1. The van der Waals surface area contributed by atoms with Gasteiger partial charge in [-0.05, 0) is 24.5 Å². The first-order chi connectivity index (χ1) is 11.8. The van der Waals surface area contributed by atoms with Crippen molar-refractivity contribution in [2.24, 2.45) is 0 Å². The Morgan fingerprint density at radius 3 is 2.54 bits per heavy atom. The van der Waals surface area contributed by atoms with E-state index in [0.29, 0.717) is 0 Å². The van der Waals surface area contributed by atoms with Gasteiger partial charge in [-0.2, -0.15) is 0 Å². The van der Waals surface area contributed by atoms with Crippen LogP contribution in [-0.2, 0) is 9.53 Å². The molecule has 1 N–H and O–H groups in total. The molecule has 0 bridgehead atoms. The minimum absolute atomic E-state index is 0.00272. The summed E-state index contributed by atoms with van der Waals surface area (Å²) >= 11 is 0. The average Bonchev–Trinajstić information content (AvgIpc) is 2.67. The number of morpholine rings is 1. The summed E-state index contributed by atoms with van der Waals surface area (Å²) in [5, 5.41) is 3.15. The lowest BCUT2D eigenvalue weighted by Gasteiger charge is -2.48. The third kappa shape index (κ3) is 4.46. The van der Waals surface area contributed by atoms with E-state index >= 15 is 0 Å². The van der Waals surface area contributed by atoms with Gasteiger partial charge in [0.25, 0.3) is 0 Å². The zero-order valence-corrected chi connectivity index (χ0v) is 14.4. The number of amides is 1. The van der Waals surface area contributed by atoms with Crippen molar-refractivity contribution < 1.29 is 9.53 Å². The monoisotopic (exact) mass is 328 g/mol. The summed E-state index contributed by atoms with van der Waals surface area (Å²) in [7, 11) is 0. The molecule has 0 radical (unpaired) electrons. The second kappa shape index (κ2) is 8.45. The zero-order chi connectivity index (χ0) is 16.7. The molecule has 4 heteroatoms. The Bertz CT molecular complexity index is 544. The van der Waals surface area contributed by atoms with E-state index in [4.69, 9.17) is 4.74 Å². The molecule has 2 aliphatic rings. The van der Waals surface area contributed by atoms with E-state index in [9.17, 15) is 4.79 Å². The normalized spacial score (nSPS) is 21.7. The van der Waals surface area contributed by atoms with Gasteiger partial charge in [0.1, 0.15) is 0 Å². The van der Waals surface area contributed by atoms with Crippen molar-refractivity contribution in [3.63, 3.8) is 0 Å². The third-order valence-electron chi connectivity index (χ3n) is 5.28. The number of carbonyl (C=O) groups is 1. The first-order valence-corrected chi connectivity index (χ1v) is 9.12. The van der Waals surface area contributed by atoms with Crippen LogP contribution in [0.15, 0.2) is 36.4 Å². The predicted octanol–water partition coefficient (Wildman–Crippen LogP) is 2.85. The van der Waals surface area contributed by atoms with Gasteiger partial charge in [-0.15, -0.1) is 0 Å². The number of carbonyl (C=O) groups excluding carboxylic acids is 1. The Balaban J connectivity index is 1.58. The van der Waals surface area contributed by atoms with E-state index < -0.39 is 0 Å². The summed E-state index contributed by atoms with van der Waals surface area (Å²) in [6.45, 7) is 4.32. The van der Waals surface area contributed by atoms with Crippen molar-refractivity contribution in [1.82, 2.24) is 10.2 Å². The van der Waals surface area contributed by atoms with Crippen LogP contribution in [0.5, 0.6) is 0 Å². The van der Waals surface area contributed by atoms with Crippen LogP contribution in [-0.4, -0.2) is 49.2 Å². The standard InChI is InChI=1S/C20H28N2O2/c23-19(10-9-18-7-3-1-4-8-18)21-17-20(11-5-2-6-12-20)22-13-15-24-16-14-22/h1,3-4,7-10H,2,5-6,11-17H2,(H,21,23)/b10-9+. The molecule has 0 unspecified atom stereocenters. The number of benzene rings is 1. The highest BCUT2D eigenvalue weighted by molar-refractivity contribution is 5.91. The van der Waals surface area contributed by atoms with Gasteiger partial charge in [0.15, 0.2) is 0 Å². The first-order valence-electron chi connectivity index (χ1n) is 9.12. The van der Waals surface area contributed by atoms with E-state index in [1.54, 1.807) is 6.08 Å². The van der Waals surface area contributed by atoms with Crippen LogP contribution in [0.1, 0.15) is 37.7 Å². The van der Waals surface area contributed by atoms with Gasteiger partial charge in [0.2, 0.25) is 5.91 Å². The fraction of sp³-hybridized carbons (Fsp3) is 0.550. The van der Waals surface area contributed by atoms with Gasteiger partial charge in [-0.25, -0.2) is 0 Å². The molecule has 0 aromatic heterocycles. The molecule has 1 saturated heterocycles. The van der Waals surface area contributed by atoms with Gasteiger partial charge in [0, 0.05) is 31.2 Å². The largest absolute Gasteiger partial charge is 0.379 e. The minimum Gasteiger partial charge on any atom is -0.379 e. The number of nitrogens with zero attached hydrogens (tertiary/aromatic N) is 1. The quantitative estimate of drug-likeness (QED) is 0.845. The number of hydrogen-bond donors (Lipinski definition) is 1. The maximum absolute atomic E-state index is 12.2. The Kier molecular flexibility index (Phi) is 6.05. The highest BCUT2D eigenvalue weighted by atomic mass is 16.5. The van der Waals surface area contributed by atoms with Crippen molar-refractivity contribution in [3.05, 3.63) is 42.0 Å². The molecule has 3 rings (SSSR count). The van der Waals surface area contributed by atoms with E-state index in [1.165, 1.54) is 32.1 Å². The Morgan fingerprint density at radius 2 is 1.83 bits per heavy atom. The maximum atomic E-state index is 12.2. The van der Waals surface area contributed by atoms with Gasteiger partial charge < -0.3 is 10.1 Å². The molecule has 1 aromatic carbocycles. The summed E-state index contributed by atoms with van der Waals surface area (Å²) < 4.78 is 5.51. The smallest absolute Gasteiger partial charge is 0.244 e. The molecule has 1 saturated carbocycles. The molecule has 4 nitrogen and oxygen atoms in total. The van der Waals surface area contributed by atoms with Gasteiger partial charge in [-0.3, -0.25) is 9.69 Å². The lowest BCUT2D eigenvalue weighted by molar-refractivity contribution is -0.117. The molecular formula is C20H28N2O2. The highest BCUT2D eigenvalue weighted by Crippen LogP contribution is 2.33. The molecule has 1 aromatic rings. The Morgan fingerprint density at radius 1 is 1.12 bits per heavy atom. The number of ether oxygens (including phenoxy) is 1. The Hall–Kier alpha value is -1.65. The molecule has 0 spiro atoms. The molecule has 1 amide bonds. The molecule has 1 aliphatic carbocycles. The van der Waals surface area contributed by atoms with Crippen LogP contribution in [0, 0.1) is 0 Å². The summed E-state index contributed by atoms with van der Waals surface area (Å²) in [6, 6.07) is 9.94. The van der Waals surface area contributed by atoms with Gasteiger partial charge in [-0.1, -0.05) is 49.6 Å². The highest BCUT2D eigenvalue weighted by Gasteiger charge is 2.38. The van der Waals surface area contributed by atoms with Gasteiger partial charge in [0.05, 0.1) is 13.2 Å². The average molecular weight is 328 g/mol. The summed E-state index contributed by atoms with van der Waals surface area (Å²) in [5.41, 5.74) is 1.17. The number of hydrogen-bond acceptors (Lipinski definition) is 3. The van der Waals surface area contributed by atoms with Crippen LogP contribution in [0.25, 0.3) is 6.08 Å². The predicted molar refractivity (Wildman–Crippen MR) is 96.7 cm³/mol. The van der Waals surface area contributed by atoms with E-state index in [2.05, 4.69) is 10.2 Å². The van der Waals surface area contributed by atoms with Gasteiger partial charge >= 0.3 is 0 Å². The molecular weight excluding hydrogens is 300 g/mol. The fourth-order valence-electron chi connectivity index (χ4n) is 3.90. The topological polar surface area (TPSA) is 41.6 Å². The second-order valence-electron chi connectivity index (χ2n) is 6.85. The first kappa shape index (κ1) is 17.2. The van der Waals surface area contributed by atoms with Crippen molar-refractivity contribution >= 4 is 12.0 Å². The summed E-state index contributed by atoms with van der Waals surface area (Å²) in [6.07, 6.45) is 9.70. The molecule has 130 valence electrons. The van der Waals surface area contributed by atoms with Crippen LogP contribution >= 0.6 is 0 Å². The fourth-order valence-corrected chi connectivity index (χ4v) is 3.90. The van der Waals surface area contributed by atoms with Crippen molar-refractivity contribution in [2.45, 2.75) is 37.6 Å². The summed E-state index contributed by atoms with van der Waals surface area (Å²) in [4.78, 5) is 14.8. The van der Waals surface area contributed by atoms with Crippen LogP contribution < -0.4 is 5.32 Å². The second-order valence-corrected chi connectivity index (χ2v) is 6.85. The lowest BCUT2D eigenvalue weighted by atomic mass is 9.79. The van der Waals surface area contributed by atoms with Crippen LogP contribution in [0.2, 0.25) is 0 Å². The van der Waals surface area contributed by atoms with E-state index in [1.807, 2.05) is 36.4 Å². The molecule has 2 fully saturated rings. The molecule has 1 heterocycles. The zero-order valence-electron chi connectivity index (χ0n) is 14.4. The van der Waals surface area contributed by atoms with Crippen molar-refractivity contribution in [3.8, 4) is 0 Å². The van der Waals surface area contributed by atoms with E-state index in [-0.39, 0.29) is 11.4 Å². The Labute approximate surface area is 144 Å². The maximum Gasteiger partial charge on any atom is 0.244 e. The molecule has 0 atom stereocenters. The minimum atomic E-state index is -0.00272. The van der Waals surface area contributed by atoms with Crippen molar-refractivity contribution in [1.29, 1.82) is 0 Å². The summed E-state index contributed by atoms with van der Waals surface area (Å²) in [5.74, 6) is -0.00272.